The standard InChI is InChI=1S/C17H23NO3/c1-12-5-2-3-6-13(12)9-10-18-16(19)14-7-4-8-15(11-14)17(20)21/h2-3,5-6,14-15H,4,7-11H2,1H3,(H,18,19)(H,20,21)/t14-,15-/m0/s1. The molecule has 1 aliphatic rings. The van der Waals surface area contributed by atoms with E-state index in [2.05, 4.69) is 24.4 Å². The number of benzene rings is 1. The van der Waals surface area contributed by atoms with Crippen LogP contribution >= 0.6 is 0 Å². The number of aryl methyl sites for hydroxylation is 1. The Labute approximate surface area is 125 Å². The van der Waals surface area contributed by atoms with Gasteiger partial charge in [0.2, 0.25) is 5.91 Å². The molecule has 1 aliphatic carbocycles. The summed E-state index contributed by atoms with van der Waals surface area (Å²) in [5.41, 5.74) is 2.47. The van der Waals surface area contributed by atoms with Gasteiger partial charge >= 0.3 is 5.97 Å². The molecule has 2 atom stereocenters. The first kappa shape index (κ1) is 15.5. The van der Waals surface area contributed by atoms with Crippen LogP contribution in [0.15, 0.2) is 24.3 Å². The smallest absolute Gasteiger partial charge is 0.306 e. The van der Waals surface area contributed by atoms with Crippen LogP contribution in [0.2, 0.25) is 0 Å². The lowest BCUT2D eigenvalue weighted by molar-refractivity contribution is -0.144. The van der Waals surface area contributed by atoms with Crippen molar-refractivity contribution in [1.29, 1.82) is 0 Å². The molecule has 0 heterocycles. The van der Waals surface area contributed by atoms with Crippen molar-refractivity contribution in [3.63, 3.8) is 0 Å². The summed E-state index contributed by atoms with van der Waals surface area (Å²) in [4.78, 5) is 23.2. The Balaban J connectivity index is 1.79. The number of carboxylic acid groups (broad SMARTS) is 1. The first-order chi connectivity index (χ1) is 10.1. The van der Waals surface area contributed by atoms with Gasteiger partial charge in [0.05, 0.1) is 5.92 Å². The van der Waals surface area contributed by atoms with Crippen LogP contribution in [0.4, 0.5) is 0 Å². The Kier molecular flexibility index (Phi) is 5.37. The third-order valence-corrected chi connectivity index (χ3v) is 4.35. The molecule has 114 valence electrons. The molecule has 0 aromatic heterocycles. The Morgan fingerprint density at radius 1 is 1.24 bits per heavy atom. The molecular weight excluding hydrogens is 266 g/mol. The van der Waals surface area contributed by atoms with E-state index in [1.807, 2.05) is 12.1 Å². The van der Waals surface area contributed by atoms with Crippen molar-refractivity contribution in [3.05, 3.63) is 35.4 Å². The number of carbonyl (C=O) groups excluding carboxylic acids is 1. The van der Waals surface area contributed by atoms with E-state index in [1.165, 1.54) is 11.1 Å². The third kappa shape index (κ3) is 4.31. The molecule has 1 amide bonds. The zero-order chi connectivity index (χ0) is 15.2. The molecule has 4 heteroatoms. The highest BCUT2D eigenvalue weighted by atomic mass is 16.4. The van der Waals surface area contributed by atoms with Gasteiger partial charge in [-0.3, -0.25) is 9.59 Å². The summed E-state index contributed by atoms with van der Waals surface area (Å²) in [5, 5.41) is 12.0. The van der Waals surface area contributed by atoms with Gasteiger partial charge in [-0.05, 0) is 43.7 Å². The number of rotatable bonds is 5. The van der Waals surface area contributed by atoms with Crippen molar-refractivity contribution in [1.82, 2.24) is 5.32 Å². The van der Waals surface area contributed by atoms with Crippen LogP contribution in [-0.4, -0.2) is 23.5 Å². The SMILES string of the molecule is Cc1ccccc1CCNC(=O)[C@H]1CCC[C@H](C(=O)O)C1. The van der Waals surface area contributed by atoms with Gasteiger partial charge in [-0.1, -0.05) is 30.7 Å². The molecule has 0 bridgehead atoms. The molecule has 21 heavy (non-hydrogen) atoms. The van der Waals surface area contributed by atoms with E-state index in [9.17, 15) is 9.59 Å². The summed E-state index contributed by atoms with van der Waals surface area (Å²) in [6.07, 6.45) is 3.62. The highest BCUT2D eigenvalue weighted by Gasteiger charge is 2.30. The maximum absolute atomic E-state index is 12.1. The predicted octanol–water partition coefficient (Wildman–Crippen LogP) is 2.54. The summed E-state index contributed by atoms with van der Waals surface area (Å²) >= 11 is 0. The number of amides is 1. The average molecular weight is 289 g/mol. The third-order valence-electron chi connectivity index (χ3n) is 4.35. The minimum Gasteiger partial charge on any atom is -0.481 e. The minimum absolute atomic E-state index is 0.00883. The fourth-order valence-corrected chi connectivity index (χ4v) is 3.01. The molecule has 0 unspecified atom stereocenters. The molecule has 0 radical (unpaired) electrons. The summed E-state index contributed by atoms with van der Waals surface area (Å²) in [7, 11) is 0. The minimum atomic E-state index is -0.771. The lowest BCUT2D eigenvalue weighted by Gasteiger charge is -2.25. The van der Waals surface area contributed by atoms with Crippen LogP contribution in [0.1, 0.15) is 36.8 Å². The summed E-state index contributed by atoms with van der Waals surface area (Å²) in [6.45, 7) is 2.67. The second kappa shape index (κ2) is 7.25. The van der Waals surface area contributed by atoms with E-state index in [0.29, 0.717) is 19.4 Å². The highest BCUT2D eigenvalue weighted by molar-refractivity contribution is 5.80. The molecule has 4 nitrogen and oxygen atoms in total. The van der Waals surface area contributed by atoms with Crippen molar-refractivity contribution in [2.75, 3.05) is 6.54 Å². The molecule has 1 saturated carbocycles. The van der Waals surface area contributed by atoms with Crippen LogP contribution < -0.4 is 5.32 Å². The molecule has 2 rings (SSSR count). The van der Waals surface area contributed by atoms with E-state index in [4.69, 9.17) is 5.11 Å². The fourth-order valence-electron chi connectivity index (χ4n) is 3.01. The number of carboxylic acids is 1. The number of aliphatic carboxylic acids is 1. The molecule has 0 aliphatic heterocycles. The van der Waals surface area contributed by atoms with Crippen LogP contribution in [0.5, 0.6) is 0 Å². The summed E-state index contributed by atoms with van der Waals surface area (Å²) in [5.74, 6) is -1.26. The van der Waals surface area contributed by atoms with E-state index >= 15 is 0 Å². The fraction of sp³-hybridized carbons (Fsp3) is 0.529. The number of carbonyl (C=O) groups is 2. The van der Waals surface area contributed by atoms with Crippen molar-refractivity contribution < 1.29 is 14.7 Å². The van der Waals surface area contributed by atoms with E-state index in [1.54, 1.807) is 0 Å². The Morgan fingerprint density at radius 2 is 1.95 bits per heavy atom. The van der Waals surface area contributed by atoms with Gasteiger partial charge in [0, 0.05) is 12.5 Å². The van der Waals surface area contributed by atoms with E-state index < -0.39 is 5.97 Å². The molecule has 0 saturated heterocycles. The van der Waals surface area contributed by atoms with Gasteiger partial charge in [0.1, 0.15) is 0 Å². The first-order valence-corrected chi connectivity index (χ1v) is 7.63. The molecular formula is C17H23NO3. The first-order valence-electron chi connectivity index (χ1n) is 7.63. The van der Waals surface area contributed by atoms with Crippen LogP contribution in [0.3, 0.4) is 0 Å². The Morgan fingerprint density at radius 3 is 2.67 bits per heavy atom. The summed E-state index contributed by atoms with van der Waals surface area (Å²) in [6, 6.07) is 8.15. The molecule has 1 aromatic carbocycles. The Bertz CT molecular complexity index is 513. The van der Waals surface area contributed by atoms with Crippen LogP contribution in [0.25, 0.3) is 0 Å². The van der Waals surface area contributed by atoms with Crippen LogP contribution in [0, 0.1) is 18.8 Å². The zero-order valence-electron chi connectivity index (χ0n) is 12.5. The lowest BCUT2D eigenvalue weighted by atomic mass is 9.81. The zero-order valence-corrected chi connectivity index (χ0v) is 12.5. The predicted molar refractivity (Wildman–Crippen MR) is 81.0 cm³/mol. The number of hydrogen-bond donors (Lipinski definition) is 2. The summed E-state index contributed by atoms with van der Waals surface area (Å²) < 4.78 is 0. The van der Waals surface area contributed by atoms with E-state index in [-0.39, 0.29) is 17.7 Å². The lowest BCUT2D eigenvalue weighted by Crippen LogP contribution is -2.36. The maximum atomic E-state index is 12.1. The number of nitrogens with one attached hydrogen (secondary N) is 1. The van der Waals surface area contributed by atoms with E-state index in [0.717, 1.165) is 19.3 Å². The molecule has 1 fully saturated rings. The van der Waals surface area contributed by atoms with Crippen molar-refractivity contribution >= 4 is 11.9 Å². The second-order valence-corrected chi connectivity index (χ2v) is 5.87. The quantitative estimate of drug-likeness (QED) is 0.875. The van der Waals surface area contributed by atoms with Crippen molar-refractivity contribution in [2.45, 2.75) is 39.0 Å². The molecule has 2 N–H and O–H groups in total. The van der Waals surface area contributed by atoms with Crippen LogP contribution in [-0.2, 0) is 16.0 Å². The van der Waals surface area contributed by atoms with Gasteiger partial charge < -0.3 is 10.4 Å². The topological polar surface area (TPSA) is 66.4 Å². The van der Waals surface area contributed by atoms with Crippen molar-refractivity contribution in [2.24, 2.45) is 11.8 Å². The molecule has 1 aromatic rings. The van der Waals surface area contributed by atoms with Gasteiger partial charge in [-0.2, -0.15) is 0 Å². The normalized spacial score (nSPS) is 21.8. The number of hydrogen-bond acceptors (Lipinski definition) is 2. The van der Waals surface area contributed by atoms with Gasteiger partial charge in [-0.25, -0.2) is 0 Å². The van der Waals surface area contributed by atoms with Gasteiger partial charge in [0.15, 0.2) is 0 Å². The highest BCUT2D eigenvalue weighted by Crippen LogP contribution is 2.29. The monoisotopic (exact) mass is 289 g/mol. The maximum Gasteiger partial charge on any atom is 0.306 e. The molecule has 0 spiro atoms. The van der Waals surface area contributed by atoms with Gasteiger partial charge in [0.25, 0.3) is 0 Å². The average Bonchev–Trinajstić information content (AvgIpc) is 2.49. The largest absolute Gasteiger partial charge is 0.481 e. The van der Waals surface area contributed by atoms with Crippen molar-refractivity contribution in [3.8, 4) is 0 Å². The second-order valence-electron chi connectivity index (χ2n) is 5.87. The van der Waals surface area contributed by atoms with Gasteiger partial charge in [-0.15, -0.1) is 0 Å². The Hall–Kier alpha value is -1.84.